The maximum Gasteiger partial charge on any atom is 0.496 e. The van der Waals surface area contributed by atoms with Crippen LogP contribution in [0.1, 0.15) is 117 Å². The number of halogens is 3. The van der Waals surface area contributed by atoms with Crippen molar-refractivity contribution in [2.45, 2.75) is 70.7 Å². The minimum Gasteiger partial charge on any atom is -0.399 e. The lowest BCUT2D eigenvalue weighted by molar-refractivity contribution is 0.00578. The number of Topliss-reactive ketones (excluding diaryl/α,β-unsaturated/α-hetero) is 3. The van der Waals surface area contributed by atoms with Crippen LogP contribution in [0.15, 0.2) is 177 Å². The van der Waals surface area contributed by atoms with E-state index in [-0.39, 0.29) is 60.9 Å². The Labute approximate surface area is 570 Å². The number of nitroso groups, excluding NO2 is 1. The van der Waals surface area contributed by atoms with Crippen molar-refractivity contribution in [1.29, 1.82) is 0 Å². The van der Waals surface area contributed by atoms with Gasteiger partial charge in [0.05, 0.1) is 34.0 Å². The lowest BCUT2D eigenvalue weighted by Crippen LogP contribution is -2.46. The van der Waals surface area contributed by atoms with Crippen molar-refractivity contribution in [3.63, 3.8) is 0 Å². The molecule has 30 heteroatoms. The monoisotopic (exact) mass is 1480 g/mol. The van der Waals surface area contributed by atoms with E-state index in [1.165, 1.54) is 27.1 Å². The maximum atomic E-state index is 12.4. The average molecular weight is 1480 g/mol. The number of primary amides is 2. The number of imide groups is 1. The van der Waals surface area contributed by atoms with Crippen molar-refractivity contribution in [1.82, 2.24) is 35.2 Å². The molecule has 1 atom stereocenters. The fraction of sp³-hybridized carbons (Fsp3) is 0.231. The van der Waals surface area contributed by atoms with Gasteiger partial charge in [-0.3, -0.25) is 54.0 Å². The summed E-state index contributed by atoms with van der Waals surface area (Å²) in [6.45, 7) is 9.74. The van der Waals surface area contributed by atoms with Crippen molar-refractivity contribution in [3.05, 3.63) is 210 Å². The Morgan fingerprint density at radius 2 is 1.11 bits per heavy atom. The van der Waals surface area contributed by atoms with Gasteiger partial charge in [-0.1, -0.05) is 48.5 Å². The van der Waals surface area contributed by atoms with Gasteiger partial charge in [0, 0.05) is 147 Å². The number of carbonyl (C=O) groups is 8. The van der Waals surface area contributed by atoms with Crippen LogP contribution in [0.5, 0.6) is 0 Å². The minimum atomic E-state index is -0.722. The van der Waals surface area contributed by atoms with E-state index in [1.54, 1.807) is 116 Å². The first kappa shape index (κ1) is 71.1. The van der Waals surface area contributed by atoms with E-state index in [9.17, 15) is 48.4 Å². The number of nitrogens with one attached hydrogen (secondary N) is 2. The van der Waals surface area contributed by atoms with Gasteiger partial charge in [0.15, 0.2) is 17.3 Å². The molecule has 11 heterocycles. The molecular formula is C65H62BBr3N14O12. The van der Waals surface area contributed by atoms with Crippen LogP contribution in [-0.2, 0) is 9.31 Å². The van der Waals surface area contributed by atoms with Crippen LogP contribution in [0.2, 0.25) is 0 Å². The number of urea groups is 3. The topological polar surface area (TPSA) is 368 Å². The molecular weight excluding hydrogens is 1420 g/mol. The van der Waals surface area contributed by atoms with E-state index < -0.39 is 36.0 Å². The second-order valence-corrected chi connectivity index (χ2v) is 24.9. The highest BCUT2D eigenvalue weighted by atomic mass is 79.9. The third-order valence-electron chi connectivity index (χ3n) is 15.2. The summed E-state index contributed by atoms with van der Waals surface area (Å²) >= 11 is 9.76. The van der Waals surface area contributed by atoms with Gasteiger partial charge >= 0.3 is 31.1 Å². The Bertz CT molecular complexity index is 4140. The second kappa shape index (κ2) is 32.4. The molecule has 13 rings (SSSR count). The number of amides is 8. The lowest BCUT2D eigenvalue weighted by Gasteiger charge is -2.32. The summed E-state index contributed by atoms with van der Waals surface area (Å²) in [5.74, 6) is 0.607. The van der Waals surface area contributed by atoms with Crippen LogP contribution in [0.25, 0.3) is 11.1 Å². The third kappa shape index (κ3) is 18.4. The normalized spacial score (nSPS) is 15.8. The van der Waals surface area contributed by atoms with Gasteiger partial charge in [-0.05, 0) is 143 Å². The molecule has 6 aromatic heterocycles. The summed E-state index contributed by atoms with van der Waals surface area (Å²) in [5, 5.41) is 17.8. The number of ketones is 3. The number of aromatic nitrogens is 6. The Balaban J connectivity index is 0.000000149. The van der Waals surface area contributed by atoms with Gasteiger partial charge in [0.25, 0.3) is 5.91 Å². The molecule has 488 valence electrons. The number of nitrogens with two attached hydrogens (primary N) is 2. The number of aliphatic hydroxyl groups is 1. The quantitative estimate of drug-likeness (QED) is 0.0807. The third-order valence-corrected chi connectivity index (χ3v) is 16.5. The van der Waals surface area contributed by atoms with E-state index in [4.69, 9.17) is 20.8 Å². The summed E-state index contributed by atoms with van der Waals surface area (Å²) in [6.07, 6.45) is 14.2. The first-order valence-corrected chi connectivity index (χ1v) is 31.6. The standard InChI is InChI=1S/C16H12BrN3O3.C14H14N4O2.C11H16BNO2.C9H8BrN3O2.C8H7BrN2O.C7H5NO2/c17-11-8-12-13(21)6-7-20(14(12)18-9-11)16(23)19-15(22)10-4-2-1-3-5-10;15-14(20)18-5-3-12(19)11-6-10(8-17-13(11)18)9-2-1-4-16-7-9;1-10(2)11(3,4)15-12(14-10)9-6-5-7-13-8-9;10-5-3-6-7(14)1-2-13(9(11)15)8(6)12-4-5;9-5-3-6-7(12)1-2-10-8(6)11-4-5;9-7(8-10)6-4-2-1-3-5-6/h1-5,8-9H,6-7H2,(H,19,22,23);1-2,4,6-8,12,19H,3,5H2,(H2,15,20);5-8H,1-4H3;3-4H,1-2H2,(H2,11,15);3-4H,1-2H2,(H,10,11);1-5H. The van der Waals surface area contributed by atoms with Gasteiger partial charge in [-0.15, -0.1) is 4.91 Å². The van der Waals surface area contributed by atoms with E-state index in [0.717, 1.165) is 21.1 Å². The van der Waals surface area contributed by atoms with Crippen LogP contribution in [-0.4, -0.2) is 127 Å². The molecule has 0 aliphatic carbocycles. The zero-order valence-electron chi connectivity index (χ0n) is 51.5. The van der Waals surface area contributed by atoms with Crippen molar-refractivity contribution in [2.24, 2.45) is 16.6 Å². The molecule has 5 aliphatic heterocycles. The predicted octanol–water partition coefficient (Wildman–Crippen LogP) is 10.4. The Kier molecular flexibility index (Phi) is 24.3. The summed E-state index contributed by atoms with van der Waals surface area (Å²) in [5.41, 5.74) is 15.5. The predicted molar refractivity (Wildman–Crippen MR) is 365 cm³/mol. The van der Waals surface area contributed by atoms with Crippen LogP contribution >= 0.6 is 47.8 Å². The molecule has 0 saturated carbocycles. The molecule has 1 fully saturated rings. The molecule has 2 aromatic carbocycles. The fourth-order valence-electron chi connectivity index (χ4n) is 9.56. The highest BCUT2D eigenvalue weighted by molar-refractivity contribution is 9.11. The van der Waals surface area contributed by atoms with Gasteiger partial charge < -0.3 is 31.2 Å². The SMILES string of the molecule is CC1(C)OB(c2cccnc2)OC1(C)C.NC(=O)N1CCC(=O)c2cc(Br)cnc21.NC(=O)N1CCC(O)c2cc(-c3cccnc3)cnc21.O=C(NC(=O)N1CCC(=O)c2cc(Br)cnc21)c1ccccc1.O=C1CCNc2ncc(Br)cc21.O=NC(=O)c1ccccc1. The maximum absolute atomic E-state index is 12.4. The van der Waals surface area contributed by atoms with E-state index >= 15 is 0 Å². The number of nitrogens with zero attached hydrogens (tertiary/aromatic N) is 10. The highest BCUT2D eigenvalue weighted by Crippen LogP contribution is 2.37. The summed E-state index contributed by atoms with van der Waals surface area (Å²) in [6, 6.07) is 29.4. The molecule has 8 amide bonds. The van der Waals surface area contributed by atoms with Crippen LogP contribution in [0, 0.1) is 4.91 Å². The van der Waals surface area contributed by atoms with E-state index in [1.807, 2.05) is 58.0 Å². The second-order valence-electron chi connectivity index (χ2n) is 22.1. The van der Waals surface area contributed by atoms with E-state index in [2.05, 4.69) is 93.5 Å². The zero-order valence-corrected chi connectivity index (χ0v) is 56.3. The number of hydrogen-bond donors (Lipinski definition) is 5. The smallest absolute Gasteiger partial charge is 0.399 e. The average Bonchev–Trinajstić information content (AvgIpc) is 1.35. The summed E-state index contributed by atoms with van der Waals surface area (Å²) < 4.78 is 14.0. The van der Waals surface area contributed by atoms with Crippen molar-refractivity contribution < 1.29 is 52.8 Å². The van der Waals surface area contributed by atoms with E-state index in [0.29, 0.717) is 92.3 Å². The van der Waals surface area contributed by atoms with Crippen LogP contribution in [0.3, 0.4) is 0 Å². The number of fused-ring (bicyclic) bond motifs is 4. The molecule has 1 saturated heterocycles. The van der Waals surface area contributed by atoms with Gasteiger partial charge in [0.2, 0.25) is 0 Å². The molecule has 26 nitrogen and oxygen atoms in total. The van der Waals surface area contributed by atoms with Gasteiger partial charge in [-0.25, -0.2) is 34.3 Å². The van der Waals surface area contributed by atoms with Crippen molar-refractivity contribution in [3.8, 4) is 11.1 Å². The van der Waals surface area contributed by atoms with Crippen molar-refractivity contribution in [2.75, 3.05) is 46.2 Å². The molecule has 0 spiro atoms. The fourth-order valence-corrected chi connectivity index (χ4v) is 10.6. The molecule has 0 radical (unpaired) electrons. The first-order chi connectivity index (χ1) is 45.4. The number of hydrogen-bond acceptors (Lipinski definition) is 19. The largest absolute Gasteiger partial charge is 0.496 e. The molecule has 95 heavy (non-hydrogen) atoms. The molecule has 1 unspecified atom stereocenters. The number of anilines is 4. The van der Waals surface area contributed by atoms with Gasteiger partial charge in [-0.2, -0.15) is 0 Å². The highest BCUT2D eigenvalue weighted by Gasteiger charge is 2.51. The zero-order chi connectivity index (χ0) is 68.6. The van der Waals surface area contributed by atoms with Crippen molar-refractivity contribution >= 4 is 131 Å². The number of rotatable bonds is 4. The molecule has 8 aromatic rings. The number of aliphatic hydroxyl groups excluding tert-OH is 1. The Morgan fingerprint density at radius 1 is 0.600 bits per heavy atom. The van der Waals surface area contributed by atoms with Crippen LogP contribution in [0.4, 0.5) is 37.7 Å². The summed E-state index contributed by atoms with van der Waals surface area (Å²) in [4.78, 5) is 131. The molecule has 7 N–H and O–H groups in total. The number of carbonyl (C=O) groups excluding carboxylic acids is 8. The Morgan fingerprint density at radius 3 is 1.65 bits per heavy atom. The first-order valence-electron chi connectivity index (χ1n) is 29.2. The van der Waals surface area contributed by atoms with Gasteiger partial charge in [0.1, 0.15) is 23.3 Å². The summed E-state index contributed by atoms with van der Waals surface area (Å²) in [7, 11) is -0.302. The van der Waals surface area contributed by atoms with Crippen LogP contribution < -0.4 is 42.3 Å². The number of benzene rings is 2. The molecule has 5 aliphatic rings. The minimum absolute atomic E-state index is 0.0173. The number of pyridine rings is 6. The Hall–Kier alpha value is -9.72. The lowest BCUT2D eigenvalue weighted by atomic mass is 9.80. The molecule has 0 bridgehead atoms.